The molecule has 0 spiro atoms. The van der Waals surface area contributed by atoms with Gasteiger partial charge < -0.3 is 14.7 Å². The van der Waals surface area contributed by atoms with Crippen LogP contribution in [0.4, 0.5) is 39.8 Å². The zero-order chi connectivity index (χ0) is 46.8. The van der Waals surface area contributed by atoms with E-state index in [1.807, 2.05) is 0 Å². The van der Waals surface area contributed by atoms with Crippen LogP contribution in [-0.4, -0.2) is 25.9 Å². The first-order valence-electron chi connectivity index (χ1n) is 25.9. The number of hydrogen-bond donors (Lipinski definition) is 0. The van der Waals surface area contributed by atoms with Crippen LogP contribution >= 0.6 is 0 Å². The van der Waals surface area contributed by atoms with E-state index in [1.165, 1.54) is 117 Å². The van der Waals surface area contributed by atoms with Crippen LogP contribution in [0.15, 0.2) is 121 Å². The number of benzene rings is 6. The Hall–Kier alpha value is -5.00. The van der Waals surface area contributed by atoms with Gasteiger partial charge in [-0.1, -0.05) is 184 Å². The van der Waals surface area contributed by atoms with Gasteiger partial charge in [-0.25, -0.2) is 0 Å². The van der Waals surface area contributed by atoms with Crippen molar-refractivity contribution in [2.45, 2.75) is 166 Å². The van der Waals surface area contributed by atoms with Crippen LogP contribution in [0.3, 0.4) is 0 Å². The molecule has 342 valence electrons. The summed E-state index contributed by atoms with van der Waals surface area (Å²) in [6.07, 6.45) is 9.70. The fourth-order valence-electron chi connectivity index (χ4n) is 14.9. The van der Waals surface area contributed by atoms with Gasteiger partial charge in [0.2, 0.25) is 0 Å². The van der Waals surface area contributed by atoms with E-state index < -0.39 is 8.07 Å². The van der Waals surface area contributed by atoms with E-state index in [0.29, 0.717) is 0 Å². The molecule has 3 nitrogen and oxygen atoms in total. The van der Waals surface area contributed by atoms with Crippen molar-refractivity contribution in [1.29, 1.82) is 0 Å². The first-order valence-corrected chi connectivity index (χ1v) is 29.4. The van der Waals surface area contributed by atoms with E-state index in [-0.39, 0.29) is 39.5 Å². The highest BCUT2D eigenvalue weighted by atomic mass is 28.3. The lowest BCUT2D eigenvalue weighted by Gasteiger charge is -2.54. The number of anilines is 7. The number of fused-ring (bicyclic) bond motifs is 10. The molecule has 0 amide bonds. The summed E-state index contributed by atoms with van der Waals surface area (Å²) in [6, 6.07) is 49.1. The Kier molecular flexibility index (Phi) is 9.08. The summed E-state index contributed by atoms with van der Waals surface area (Å²) < 4.78 is 0. The van der Waals surface area contributed by atoms with Gasteiger partial charge in [-0.05, 0) is 131 Å². The zero-order valence-corrected chi connectivity index (χ0v) is 43.6. The molecular weight excluding hydrogens is 826 g/mol. The molecule has 12 rings (SSSR count). The average molecular weight is 898 g/mol. The highest BCUT2D eigenvalue weighted by Crippen LogP contribution is 2.66. The normalized spacial score (nSPS) is 25.9. The molecule has 0 bridgehead atoms. The molecule has 6 aliphatic rings. The quantitative estimate of drug-likeness (QED) is 0.163. The van der Waals surface area contributed by atoms with Crippen LogP contribution in [0.2, 0.25) is 19.6 Å². The summed E-state index contributed by atoms with van der Waals surface area (Å²) in [5, 5.41) is 1.60. The first-order chi connectivity index (χ1) is 31.7. The largest absolute Gasteiger partial charge is 0.335 e. The van der Waals surface area contributed by atoms with Gasteiger partial charge in [-0.2, -0.15) is 0 Å². The van der Waals surface area contributed by atoms with Crippen LogP contribution in [0.5, 0.6) is 0 Å². The van der Waals surface area contributed by atoms with E-state index in [4.69, 9.17) is 0 Å². The van der Waals surface area contributed by atoms with Crippen LogP contribution in [0.1, 0.15) is 141 Å². The van der Waals surface area contributed by atoms with Crippen molar-refractivity contribution in [2.24, 2.45) is 0 Å². The van der Waals surface area contributed by atoms with Gasteiger partial charge in [0, 0.05) is 50.6 Å². The lowest BCUT2D eigenvalue weighted by atomic mass is 9.33. The molecule has 6 aromatic rings. The Labute approximate surface area is 404 Å². The second-order valence-corrected chi connectivity index (χ2v) is 30.5. The first kappa shape index (κ1) is 43.3. The highest BCUT2D eigenvalue weighted by Gasteiger charge is 2.64. The second kappa shape index (κ2) is 14.1. The maximum Gasteiger partial charge on any atom is 0.252 e. The number of hydrogen-bond acceptors (Lipinski definition) is 3. The Morgan fingerprint density at radius 1 is 0.507 bits per heavy atom. The second-order valence-electron chi connectivity index (χ2n) is 25.5. The third kappa shape index (κ3) is 5.70. The van der Waals surface area contributed by atoms with E-state index >= 15 is 0 Å². The van der Waals surface area contributed by atoms with Crippen molar-refractivity contribution in [3.05, 3.63) is 149 Å². The molecule has 0 aromatic heterocycles. The van der Waals surface area contributed by atoms with Crippen molar-refractivity contribution >= 4 is 76.2 Å². The molecule has 0 radical (unpaired) electrons. The van der Waals surface area contributed by atoms with Gasteiger partial charge in [0.1, 0.15) is 0 Å². The molecule has 2 saturated carbocycles. The van der Waals surface area contributed by atoms with Crippen molar-refractivity contribution in [2.75, 3.05) is 14.7 Å². The third-order valence-corrected chi connectivity index (χ3v) is 20.7. The smallest absolute Gasteiger partial charge is 0.252 e. The molecule has 0 N–H and O–H groups in total. The van der Waals surface area contributed by atoms with Crippen LogP contribution in [0, 0.1) is 0 Å². The van der Waals surface area contributed by atoms with Crippen molar-refractivity contribution < 1.29 is 0 Å². The van der Waals surface area contributed by atoms with Gasteiger partial charge in [0.25, 0.3) is 6.71 Å². The van der Waals surface area contributed by atoms with Crippen LogP contribution in [-0.2, 0) is 21.7 Å². The molecule has 5 heteroatoms. The fraction of sp³-hybridized carbons (Fsp3) is 0.419. The lowest BCUT2D eigenvalue weighted by Crippen LogP contribution is -2.65. The molecule has 4 heterocycles. The van der Waals surface area contributed by atoms with Crippen LogP contribution < -0.4 is 36.3 Å². The van der Waals surface area contributed by atoms with Gasteiger partial charge >= 0.3 is 0 Å². The van der Waals surface area contributed by atoms with E-state index in [9.17, 15) is 0 Å². The van der Waals surface area contributed by atoms with Crippen LogP contribution in [0.25, 0.3) is 0 Å². The van der Waals surface area contributed by atoms with Gasteiger partial charge in [-0.15, -0.1) is 0 Å². The lowest BCUT2D eigenvalue weighted by molar-refractivity contribution is 0.195. The standard InChI is InChI=1S/C62H72BN3Si/c1-57(2,3)42-25-22-26-44(35-42)64-52-36-43(58(4,5)6)29-30-49(52)63-50-40-46(67(10,11)12)39-48-56(50)66(60(8)32-19-18-31-59(48,60)7)54-38-45(37-53(64)55(54)63)65-51-28-17-16-27-47(51)62(41-23-14-13-15-24-41)34-21-20-33-61(62,65)9/h13-17,22-30,35-40H,18-21,31-34H2,1-12H3. The van der Waals surface area contributed by atoms with E-state index in [0.717, 1.165) is 12.8 Å². The molecule has 2 fully saturated rings. The van der Waals surface area contributed by atoms with E-state index in [1.54, 1.807) is 10.8 Å². The minimum Gasteiger partial charge on any atom is -0.335 e. The minimum atomic E-state index is -1.74. The molecule has 6 aromatic carbocycles. The summed E-state index contributed by atoms with van der Waals surface area (Å²) in [4.78, 5) is 8.56. The number of nitrogens with zero attached hydrogens (tertiary/aromatic N) is 3. The summed E-state index contributed by atoms with van der Waals surface area (Å²) >= 11 is 0. The summed E-state index contributed by atoms with van der Waals surface area (Å²) in [5.74, 6) is 0. The molecule has 2 aliphatic carbocycles. The Morgan fingerprint density at radius 3 is 1.90 bits per heavy atom. The molecule has 67 heavy (non-hydrogen) atoms. The van der Waals surface area contributed by atoms with E-state index in [2.05, 4.69) is 218 Å². The Morgan fingerprint density at radius 2 is 1.16 bits per heavy atom. The Balaban J connectivity index is 1.23. The number of para-hydroxylation sites is 1. The molecule has 0 saturated heterocycles. The maximum absolute atomic E-state index is 2.97. The molecule has 4 aliphatic heterocycles. The molecular formula is C62H72BN3Si. The fourth-order valence-corrected chi connectivity index (χ4v) is 16.0. The van der Waals surface area contributed by atoms with Crippen molar-refractivity contribution in [3.8, 4) is 0 Å². The van der Waals surface area contributed by atoms with Crippen molar-refractivity contribution in [1.82, 2.24) is 0 Å². The predicted molar refractivity (Wildman–Crippen MR) is 292 cm³/mol. The predicted octanol–water partition coefficient (Wildman–Crippen LogP) is 14.0. The van der Waals surface area contributed by atoms with Gasteiger partial charge in [0.05, 0.1) is 19.2 Å². The van der Waals surface area contributed by atoms with Crippen molar-refractivity contribution in [3.63, 3.8) is 0 Å². The topological polar surface area (TPSA) is 9.72 Å². The highest BCUT2D eigenvalue weighted by molar-refractivity contribution is 7.01. The Bertz CT molecular complexity index is 3030. The molecule has 4 unspecified atom stereocenters. The third-order valence-electron chi connectivity index (χ3n) is 18.7. The van der Waals surface area contributed by atoms with Gasteiger partial charge in [-0.3, -0.25) is 0 Å². The zero-order valence-electron chi connectivity index (χ0n) is 42.6. The number of rotatable bonds is 4. The SMILES string of the molecule is CC(C)(C)c1cccc(N2c3cc(C(C)(C)C)ccc3B3c4cc([Si](C)(C)C)cc5c4N(c4cc(N6c7ccccc7C7(c8ccccc8)CCCCC67C)cc2c43)C2(C)CCCCC52C)c1. The molecule has 4 atom stereocenters. The summed E-state index contributed by atoms with van der Waals surface area (Å²) in [5.41, 5.74) is 20.9. The summed E-state index contributed by atoms with van der Waals surface area (Å²) in [6.45, 7) is 30.0. The van der Waals surface area contributed by atoms with Gasteiger partial charge in [0.15, 0.2) is 0 Å². The maximum atomic E-state index is 2.97. The monoisotopic (exact) mass is 898 g/mol. The summed E-state index contributed by atoms with van der Waals surface area (Å²) in [7, 11) is -1.74. The minimum absolute atomic E-state index is 0.000527. The average Bonchev–Trinajstić information content (AvgIpc) is 3.66.